The lowest BCUT2D eigenvalue weighted by atomic mass is 10.0. The molecule has 1 N–H and O–H groups in total. The van der Waals surface area contributed by atoms with Gasteiger partial charge in [0.25, 0.3) is 0 Å². The molecule has 4 rings (SSSR count). The number of rotatable bonds is 5. The van der Waals surface area contributed by atoms with Gasteiger partial charge in [-0.1, -0.05) is 36.4 Å². The molecular weight excluding hydrogens is 395 g/mol. The van der Waals surface area contributed by atoms with Gasteiger partial charge in [0.15, 0.2) is 5.82 Å². The number of nitrogens with one attached hydrogen (secondary N) is 1. The Kier molecular flexibility index (Phi) is 8.45. The van der Waals surface area contributed by atoms with E-state index in [0.29, 0.717) is 0 Å². The number of hydrogen-bond donors (Lipinski definition) is 1. The summed E-state index contributed by atoms with van der Waals surface area (Å²) < 4.78 is 5.38. The van der Waals surface area contributed by atoms with E-state index < -0.39 is 0 Å². The molecule has 1 aromatic heterocycles. The second-order valence-corrected chi connectivity index (χ2v) is 6.70. The molecule has 0 bridgehead atoms. The molecule has 5 nitrogen and oxygen atoms in total. The molecule has 0 saturated carbocycles. The number of fused-ring (bicyclic) bond motifs is 1. The first-order chi connectivity index (χ1) is 12.8. The zero-order valence-electron chi connectivity index (χ0n) is 15.9. The highest BCUT2D eigenvalue weighted by molar-refractivity contribution is 5.87. The highest BCUT2D eigenvalue weighted by Gasteiger charge is 2.10. The number of ether oxygens (including phenoxy) is 1. The minimum absolute atomic E-state index is 0. The lowest BCUT2D eigenvalue weighted by Gasteiger charge is -2.26. The molecule has 2 heterocycles. The van der Waals surface area contributed by atoms with E-state index in [1.807, 2.05) is 0 Å². The standard InChI is InChI=1S/C21H24N4O.2ClH/c1-16-14-20(19-7-6-17-4-2-3-5-18(17)15-19)23-24-21(16)22-8-9-25-10-12-26-13-11-25;;/h2-7,14-15H,8-13H2,1H3,(H,22,24);2*1H. The maximum absolute atomic E-state index is 5.38. The lowest BCUT2D eigenvalue weighted by molar-refractivity contribution is 0.0398. The minimum atomic E-state index is 0. The largest absolute Gasteiger partial charge is 0.379 e. The maximum Gasteiger partial charge on any atom is 0.151 e. The van der Waals surface area contributed by atoms with Crippen LogP contribution < -0.4 is 5.32 Å². The van der Waals surface area contributed by atoms with Crippen LogP contribution in [-0.2, 0) is 4.74 Å². The van der Waals surface area contributed by atoms with Gasteiger partial charge in [-0.3, -0.25) is 4.90 Å². The van der Waals surface area contributed by atoms with Gasteiger partial charge in [0.2, 0.25) is 0 Å². The van der Waals surface area contributed by atoms with Gasteiger partial charge < -0.3 is 10.1 Å². The Balaban J connectivity index is 0.00000140. The molecule has 28 heavy (non-hydrogen) atoms. The molecule has 7 heteroatoms. The third-order valence-electron chi connectivity index (χ3n) is 4.85. The van der Waals surface area contributed by atoms with Crippen LogP contribution >= 0.6 is 24.8 Å². The summed E-state index contributed by atoms with van der Waals surface area (Å²) in [6.07, 6.45) is 0. The fourth-order valence-corrected chi connectivity index (χ4v) is 3.31. The average molecular weight is 421 g/mol. The van der Waals surface area contributed by atoms with E-state index in [9.17, 15) is 0 Å². The Morgan fingerprint density at radius 3 is 2.46 bits per heavy atom. The smallest absolute Gasteiger partial charge is 0.151 e. The zero-order valence-corrected chi connectivity index (χ0v) is 17.6. The van der Waals surface area contributed by atoms with Crippen molar-refractivity contribution in [3.05, 3.63) is 54.1 Å². The zero-order chi connectivity index (χ0) is 17.8. The highest BCUT2D eigenvalue weighted by atomic mass is 35.5. The van der Waals surface area contributed by atoms with Crippen LogP contribution in [0, 0.1) is 6.92 Å². The van der Waals surface area contributed by atoms with Crippen molar-refractivity contribution in [1.82, 2.24) is 15.1 Å². The molecule has 1 aliphatic heterocycles. The summed E-state index contributed by atoms with van der Waals surface area (Å²) >= 11 is 0. The fourth-order valence-electron chi connectivity index (χ4n) is 3.31. The molecular formula is C21H26Cl2N4O. The van der Waals surface area contributed by atoms with Gasteiger partial charge in [0, 0.05) is 31.7 Å². The number of halogens is 2. The maximum atomic E-state index is 5.38. The van der Waals surface area contributed by atoms with Crippen LogP contribution in [-0.4, -0.2) is 54.5 Å². The van der Waals surface area contributed by atoms with E-state index in [4.69, 9.17) is 4.74 Å². The topological polar surface area (TPSA) is 50.3 Å². The minimum Gasteiger partial charge on any atom is -0.379 e. The van der Waals surface area contributed by atoms with E-state index in [1.54, 1.807) is 0 Å². The summed E-state index contributed by atoms with van der Waals surface area (Å²) in [6.45, 7) is 7.62. The van der Waals surface area contributed by atoms with Crippen molar-refractivity contribution in [1.29, 1.82) is 0 Å². The van der Waals surface area contributed by atoms with E-state index in [-0.39, 0.29) is 24.8 Å². The molecule has 1 aliphatic rings. The van der Waals surface area contributed by atoms with E-state index in [0.717, 1.165) is 62.0 Å². The van der Waals surface area contributed by atoms with Gasteiger partial charge in [-0.2, -0.15) is 0 Å². The van der Waals surface area contributed by atoms with E-state index in [2.05, 4.69) is 75.9 Å². The summed E-state index contributed by atoms with van der Waals surface area (Å²) in [5.41, 5.74) is 3.12. The van der Waals surface area contributed by atoms with E-state index in [1.165, 1.54) is 10.8 Å². The molecule has 0 spiro atoms. The lowest BCUT2D eigenvalue weighted by Crippen LogP contribution is -2.39. The molecule has 1 saturated heterocycles. The van der Waals surface area contributed by atoms with Crippen molar-refractivity contribution in [2.24, 2.45) is 0 Å². The third-order valence-corrected chi connectivity index (χ3v) is 4.85. The predicted octanol–water partition coefficient (Wildman–Crippen LogP) is 4.19. The van der Waals surface area contributed by atoms with Crippen LogP contribution in [0.4, 0.5) is 5.82 Å². The SMILES string of the molecule is Cc1cc(-c2ccc3ccccc3c2)nnc1NCCN1CCOCC1.Cl.Cl. The molecule has 0 aliphatic carbocycles. The Bertz CT molecular complexity index is 900. The molecule has 1 fully saturated rings. The van der Waals surface area contributed by atoms with Crippen molar-refractivity contribution < 1.29 is 4.74 Å². The van der Waals surface area contributed by atoms with Crippen LogP contribution in [0.2, 0.25) is 0 Å². The van der Waals surface area contributed by atoms with Gasteiger partial charge >= 0.3 is 0 Å². The van der Waals surface area contributed by atoms with Gasteiger partial charge in [0.05, 0.1) is 18.9 Å². The number of aryl methyl sites for hydroxylation is 1. The summed E-state index contributed by atoms with van der Waals surface area (Å²) in [4.78, 5) is 2.41. The first kappa shape index (κ1) is 22.4. The Morgan fingerprint density at radius 2 is 1.71 bits per heavy atom. The van der Waals surface area contributed by atoms with Crippen LogP contribution in [0.15, 0.2) is 48.5 Å². The summed E-state index contributed by atoms with van der Waals surface area (Å²) in [7, 11) is 0. The third kappa shape index (κ3) is 5.32. The van der Waals surface area contributed by atoms with E-state index >= 15 is 0 Å². The second kappa shape index (κ2) is 10.6. The normalized spacial score (nSPS) is 14.2. The number of nitrogens with zero attached hydrogens (tertiary/aromatic N) is 3. The number of aromatic nitrogens is 2. The number of hydrogen-bond acceptors (Lipinski definition) is 5. The molecule has 0 atom stereocenters. The van der Waals surface area contributed by atoms with Crippen molar-refractivity contribution in [2.75, 3.05) is 44.7 Å². The quantitative estimate of drug-likeness (QED) is 0.670. The average Bonchev–Trinajstić information content (AvgIpc) is 2.69. The molecule has 2 aromatic carbocycles. The summed E-state index contributed by atoms with van der Waals surface area (Å²) in [5, 5.41) is 14.7. The number of benzene rings is 2. The van der Waals surface area contributed by atoms with Gasteiger partial charge in [0.1, 0.15) is 0 Å². The van der Waals surface area contributed by atoms with Crippen molar-refractivity contribution in [2.45, 2.75) is 6.92 Å². The van der Waals surface area contributed by atoms with Gasteiger partial charge in [-0.05, 0) is 35.4 Å². The summed E-state index contributed by atoms with van der Waals surface area (Å²) in [6, 6.07) is 16.9. The van der Waals surface area contributed by atoms with Gasteiger partial charge in [-0.15, -0.1) is 35.0 Å². The molecule has 150 valence electrons. The Labute approximate surface area is 178 Å². The monoisotopic (exact) mass is 420 g/mol. The Hall–Kier alpha value is -1.92. The molecule has 0 unspecified atom stereocenters. The second-order valence-electron chi connectivity index (χ2n) is 6.70. The van der Waals surface area contributed by atoms with Crippen LogP contribution in [0.3, 0.4) is 0 Å². The number of anilines is 1. The molecule has 3 aromatic rings. The van der Waals surface area contributed by atoms with Crippen LogP contribution in [0.1, 0.15) is 5.56 Å². The number of morpholine rings is 1. The van der Waals surface area contributed by atoms with Crippen molar-refractivity contribution >= 4 is 41.4 Å². The molecule has 0 radical (unpaired) electrons. The van der Waals surface area contributed by atoms with Crippen molar-refractivity contribution in [3.8, 4) is 11.3 Å². The van der Waals surface area contributed by atoms with Gasteiger partial charge in [-0.25, -0.2) is 0 Å². The van der Waals surface area contributed by atoms with Crippen LogP contribution in [0.25, 0.3) is 22.0 Å². The highest BCUT2D eigenvalue weighted by Crippen LogP contribution is 2.24. The first-order valence-electron chi connectivity index (χ1n) is 9.17. The first-order valence-corrected chi connectivity index (χ1v) is 9.17. The van der Waals surface area contributed by atoms with Crippen LogP contribution in [0.5, 0.6) is 0 Å². The summed E-state index contributed by atoms with van der Waals surface area (Å²) in [5.74, 6) is 0.864. The predicted molar refractivity (Wildman–Crippen MR) is 120 cm³/mol. The molecule has 0 amide bonds. The Morgan fingerprint density at radius 1 is 0.964 bits per heavy atom. The fraction of sp³-hybridized carbons (Fsp3) is 0.333. The van der Waals surface area contributed by atoms with Crippen molar-refractivity contribution in [3.63, 3.8) is 0 Å².